The van der Waals surface area contributed by atoms with Gasteiger partial charge in [0.15, 0.2) is 5.69 Å². The third-order valence-corrected chi connectivity index (χ3v) is 3.53. The van der Waals surface area contributed by atoms with Crippen molar-refractivity contribution >= 4 is 17.6 Å². The van der Waals surface area contributed by atoms with Gasteiger partial charge in [0.25, 0.3) is 5.91 Å². The molecule has 2 heterocycles. The van der Waals surface area contributed by atoms with Crippen molar-refractivity contribution in [2.75, 3.05) is 5.32 Å². The maximum atomic E-state index is 12.4. The molecule has 3 aromatic rings. The molecule has 0 aliphatic carbocycles. The molecule has 0 aliphatic rings. The first-order chi connectivity index (χ1) is 12.2. The van der Waals surface area contributed by atoms with Gasteiger partial charge in [0, 0.05) is 12.5 Å². The highest BCUT2D eigenvalue weighted by molar-refractivity contribution is 5.95. The van der Waals surface area contributed by atoms with Gasteiger partial charge in [-0.05, 0) is 24.3 Å². The summed E-state index contributed by atoms with van der Waals surface area (Å²) in [5.41, 5.74) is 0.959. The van der Waals surface area contributed by atoms with Crippen LogP contribution in [0.2, 0.25) is 0 Å². The molecule has 7 nitrogen and oxygen atoms in total. The smallest absolute Gasteiger partial charge is 0.272 e. The molecule has 128 valence electrons. The van der Waals surface area contributed by atoms with Crippen molar-refractivity contribution in [3.05, 3.63) is 66.2 Å². The Hall–Kier alpha value is -3.35. The number of anilines is 1. The Morgan fingerprint density at radius 3 is 2.64 bits per heavy atom. The molecule has 3 rings (SSSR count). The summed E-state index contributed by atoms with van der Waals surface area (Å²) in [6.45, 7) is 2.02. The van der Waals surface area contributed by atoms with E-state index in [0.717, 1.165) is 5.69 Å². The van der Waals surface area contributed by atoms with E-state index in [-0.39, 0.29) is 24.1 Å². The molecule has 0 atom stereocenters. The van der Waals surface area contributed by atoms with Crippen LogP contribution in [0.15, 0.2) is 59.2 Å². The summed E-state index contributed by atoms with van der Waals surface area (Å²) in [7, 11) is 0. The first-order valence-corrected chi connectivity index (χ1v) is 7.93. The van der Waals surface area contributed by atoms with Crippen molar-refractivity contribution in [3.63, 3.8) is 0 Å². The molecule has 2 amide bonds. The second kappa shape index (κ2) is 7.48. The molecule has 25 heavy (non-hydrogen) atoms. The number of hydrogen-bond acceptors (Lipinski definition) is 4. The Kier molecular flexibility index (Phi) is 4.94. The largest absolute Gasteiger partial charge is 0.467 e. The molecule has 0 radical (unpaired) electrons. The SMILES string of the molecule is CCC(=O)Nc1cc(C(=O)NCc2ccco2)nn1-c1ccccc1. The van der Waals surface area contributed by atoms with Gasteiger partial charge in [0.2, 0.25) is 5.91 Å². The van der Waals surface area contributed by atoms with Gasteiger partial charge in [0.05, 0.1) is 18.5 Å². The lowest BCUT2D eigenvalue weighted by Crippen LogP contribution is -2.23. The van der Waals surface area contributed by atoms with Crippen LogP contribution in [0, 0.1) is 0 Å². The number of rotatable bonds is 6. The topological polar surface area (TPSA) is 89.2 Å². The van der Waals surface area contributed by atoms with Gasteiger partial charge in [-0.15, -0.1) is 0 Å². The molecule has 0 unspecified atom stereocenters. The van der Waals surface area contributed by atoms with Gasteiger partial charge in [-0.25, -0.2) is 4.68 Å². The zero-order valence-electron chi connectivity index (χ0n) is 13.7. The fraction of sp³-hybridized carbons (Fsp3) is 0.167. The number of carbonyl (C=O) groups is 2. The summed E-state index contributed by atoms with van der Waals surface area (Å²) < 4.78 is 6.72. The molecular weight excluding hydrogens is 320 g/mol. The molecule has 2 aromatic heterocycles. The van der Waals surface area contributed by atoms with Crippen LogP contribution in [0.3, 0.4) is 0 Å². The zero-order chi connectivity index (χ0) is 17.6. The fourth-order valence-corrected chi connectivity index (χ4v) is 2.25. The average Bonchev–Trinajstić information content (AvgIpc) is 3.30. The number of para-hydroxylation sites is 1. The quantitative estimate of drug-likeness (QED) is 0.723. The van der Waals surface area contributed by atoms with Crippen LogP contribution in [0.5, 0.6) is 0 Å². The summed E-state index contributed by atoms with van der Waals surface area (Å²) in [6, 6.07) is 14.4. The fourth-order valence-electron chi connectivity index (χ4n) is 2.25. The third-order valence-electron chi connectivity index (χ3n) is 3.53. The monoisotopic (exact) mass is 338 g/mol. The number of amides is 2. The summed E-state index contributed by atoms with van der Waals surface area (Å²) in [5.74, 6) is 0.592. The molecule has 2 N–H and O–H groups in total. The van der Waals surface area contributed by atoms with Crippen molar-refractivity contribution in [2.24, 2.45) is 0 Å². The van der Waals surface area contributed by atoms with Crippen molar-refractivity contribution in [3.8, 4) is 5.69 Å². The summed E-state index contributed by atoms with van der Waals surface area (Å²) in [6.07, 6.45) is 1.88. The average molecular weight is 338 g/mol. The minimum Gasteiger partial charge on any atom is -0.467 e. The predicted octanol–water partition coefficient (Wildman–Crippen LogP) is 2.74. The minimum absolute atomic E-state index is 0.153. The second-order valence-corrected chi connectivity index (χ2v) is 5.33. The van der Waals surface area contributed by atoms with Crippen LogP contribution in [0.1, 0.15) is 29.6 Å². The van der Waals surface area contributed by atoms with Crippen molar-refractivity contribution < 1.29 is 14.0 Å². The van der Waals surface area contributed by atoms with Crippen molar-refractivity contribution in [1.82, 2.24) is 15.1 Å². The molecule has 0 bridgehead atoms. The number of carbonyl (C=O) groups excluding carboxylic acids is 2. The summed E-state index contributed by atoms with van der Waals surface area (Å²) in [4.78, 5) is 24.1. The molecular formula is C18H18N4O3. The number of benzene rings is 1. The van der Waals surface area contributed by atoms with E-state index in [0.29, 0.717) is 18.0 Å². The van der Waals surface area contributed by atoms with E-state index < -0.39 is 0 Å². The van der Waals surface area contributed by atoms with Crippen molar-refractivity contribution in [1.29, 1.82) is 0 Å². The van der Waals surface area contributed by atoms with E-state index in [1.807, 2.05) is 30.3 Å². The highest BCUT2D eigenvalue weighted by atomic mass is 16.3. The number of furan rings is 1. The standard InChI is InChI=1S/C18H18N4O3/c1-2-17(23)20-16-11-15(18(24)19-12-14-9-6-10-25-14)21-22(16)13-7-4-3-5-8-13/h3-11H,2,12H2,1H3,(H,19,24)(H,20,23). The molecule has 0 aliphatic heterocycles. The molecule has 0 saturated carbocycles. The maximum Gasteiger partial charge on any atom is 0.272 e. The predicted molar refractivity (Wildman–Crippen MR) is 92.4 cm³/mol. The van der Waals surface area contributed by atoms with E-state index in [9.17, 15) is 9.59 Å². The molecule has 0 saturated heterocycles. The van der Waals surface area contributed by atoms with Crippen LogP contribution in [-0.2, 0) is 11.3 Å². The molecule has 0 spiro atoms. The van der Waals surface area contributed by atoms with Gasteiger partial charge in [-0.3, -0.25) is 9.59 Å². The Bertz CT molecular complexity index is 854. The summed E-state index contributed by atoms with van der Waals surface area (Å²) >= 11 is 0. The van der Waals surface area contributed by atoms with Crippen molar-refractivity contribution in [2.45, 2.75) is 19.9 Å². The highest BCUT2D eigenvalue weighted by Gasteiger charge is 2.16. The van der Waals surface area contributed by atoms with Crippen LogP contribution in [0.4, 0.5) is 5.82 Å². The van der Waals surface area contributed by atoms with Gasteiger partial charge in [-0.1, -0.05) is 25.1 Å². The first kappa shape index (κ1) is 16.5. The van der Waals surface area contributed by atoms with Gasteiger partial charge in [-0.2, -0.15) is 5.10 Å². The normalized spacial score (nSPS) is 10.4. The Morgan fingerprint density at radius 2 is 1.96 bits per heavy atom. The van der Waals surface area contributed by atoms with E-state index in [2.05, 4.69) is 15.7 Å². The number of hydrogen-bond donors (Lipinski definition) is 2. The maximum absolute atomic E-state index is 12.4. The first-order valence-electron chi connectivity index (χ1n) is 7.93. The lowest BCUT2D eigenvalue weighted by atomic mass is 10.3. The van der Waals surface area contributed by atoms with Crippen LogP contribution < -0.4 is 10.6 Å². The minimum atomic E-state index is -0.349. The van der Waals surface area contributed by atoms with Crippen LogP contribution in [0.25, 0.3) is 5.69 Å². The lowest BCUT2D eigenvalue weighted by molar-refractivity contribution is -0.115. The van der Waals surface area contributed by atoms with E-state index in [1.54, 1.807) is 31.4 Å². The lowest BCUT2D eigenvalue weighted by Gasteiger charge is -2.07. The van der Waals surface area contributed by atoms with E-state index in [4.69, 9.17) is 4.42 Å². The summed E-state index contributed by atoms with van der Waals surface area (Å²) in [5, 5.41) is 9.83. The van der Waals surface area contributed by atoms with Crippen LogP contribution in [-0.4, -0.2) is 21.6 Å². The van der Waals surface area contributed by atoms with Gasteiger partial charge >= 0.3 is 0 Å². The Morgan fingerprint density at radius 1 is 1.16 bits per heavy atom. The molecule has 7 heteroatoms. The zero-order valence-corrected chi connectivity index (χ0v) is 13.7. The second-order valence-electron chi connectivity index (χ2n) is 5.33. The molecule has 1 aromatic carbocycles. The number of aromatic nitrogens is 2. The highest BCUT2D eigenvalue weighted by Crippen LogP contribution is 2.17. The van der Waals surface area contributed by atoms with E-state index in [1.165, 1.54) is 4.68 Å². The number of nitrogens with one attached hydrogen (secondary N) is 2. The molecule has 0 fully saturated rings. The van der Waals surface area contributed by atoms with E-state index >= 15 is 0 Å². The number of nitrogens with zero attached hydrogens (tertiary/aromatic N) is 2. The third kappa shape index (κ3) is 3.95. The van der Waals surface area contributed by atoms with Gasteiger partial charge < -0.3 is 15.1 Å². The Balaban J connectivity index is 1.84. The Labute approximate surface area is 144 Å². The van der Waals surface area contributed by atoms with Crippen LogP contribution >= 0.6 is 0 Å². The van der Waals surface area contributed by atoms with Gasteiger partial charge in [0.1, 0.15) is 11.6 Å².